The van der Waals surface area contributed by atoms with Gasteiger partial charge in [-0.05, 0) is 35.7 Å². The molecule has 0 radical (unpaired) electrons. The van der Waals surface area contributed by atoms with E-state index in [1.807, 2.05) is 20.2 Å². The van der Waals surface area contributed by atoms with Crippen molar-refractivity contribution in [3.63, 3.8) is 0 Å². The van der Waals surface area contributed by atoms with Crippen molar-refractivity contribution in [2.45, 2.75) is 26.3 Å². The molecule has 0 saturated carbocycles. The van der Waals surface area contributed by atoms with E-state index in [1.165, 1.54) is 11.3 Å². The van der Waals surface area contributed by atoms with Gasteiger partial charge in [0.2, 0.25) is 0 Å². The molecule has 1 amide bonds. The molecule has 160 valence electrons. The maximum atomic E-state index is 12.3. The molecule has 6 nitrogen and oxygen atoms in total. The topological polar surface area (TPSA) is 61.9 Å². The molecule has 1 aliphatic heterocycles. The molecule has 0 aromatic heterocycles. The van der Waals surface area contributed by atoms with Crippen LogP contribution in [0.3, 0.4) is 0 Å². The van der Waals surface area contributed by atoms with Crippen molar-refractivity contribution in [1.29, 1.82) is 0 Å². The highest BCUT2D eigenvalue weighted by Gasteiger charge is 2.27. The summed E-state index contributed by atoms with van der Waals surface area (Å²) in [7, 11) is 4.03. The van der Waals surface area contributed by atoms with Gasteiger partial charge in [0.25, 0.3) is 5.91 Å². The molecule has 0 fully saturated rings. The molecule has 30 heavy (non-hydrogen) atoms. The molecule has 0 bridgehead atoms. The second-order valence-electron chi connectivity index (χ2n) is 8.14. The molecule has 0 spiro atoms. The Hall–Kier alpha value is -3.02. The third kappa shape index (κ3) is 5.12. The average molecular weight is 410 g/mol. The lowest BCUT2D eigenvalue weighted by Crippen LogP contribution is -2.39. The molecule has 3 rings (SSSR count). The fourth-order valence-corrected chi connectivity index (χ4v) is 3.65. The minimum atomic E-state index is -0.366. The van der Waals surface area contributed by atoms with Crippen molar-refractivity contribution < 1.29 is 14.3 Å². The van der Waals surface area contributed by atoms with Gasteiger partial charge in [-0.25, -0.2) is 0 Å². The summed E-state index contributed by atoms with van der Waals surface area (Å²) in [5.41, 5.74) is 4.80. The SMILES string of the molecule is CC(C)C(=O)OCC(=O)NC[C@H](c1ccc(N(C)C)cc1)N1CCc2ccccc21. The van der Waals surface area contributed by atoms with Crippen LogP contribution in [0.4, 0.5) is 11.4 Å². The molecule has 1 aliphatic rings. The smallest absolute Gasteiger partial charge is 0.308 e. The van der Waals surface area contributed by atoms with Gasteiger partial charge in [0.05, 0.1) is 12.0 Å². The van der Waals surface area contributed by atoms with Gasteiger partial charge in [-0.3, -0.25) is 9.59 Å². The van der Waals surface area contributed by atoms with Gasteiger partial charge in [0.1, 0.15) is 0 Å². The predicted molar refractivity (Wildman–Crippen MR) is 120 cm³/mol. The quantitative estimate of drug-likeness (QED) is 0.679. The number of para-hydroxylation sites is 1. The number of carbonyl (C=O) groups is 2. The van der Waals surface area contributed by atoms with Gasteiger partial charge in [-0.2, -0.15) is 0 Å². The van der Waals surface area contributed by atoms with Crippen molar-refractivity contribution in [2.24, 2.45) is 5.92 Å². The van der Waals surface area contributed by atoms with Crippen molar-refractivity contribution in [3.8, 4) is 0 Å². The summed E-state index contributed by atoms with van der Waals surface area (Å²) in [4.78, 5) is 28.3. The second-order valence-corrected chi connectivity index (χ2v) is 8.14. The van der Waals surface area contributed by atoms with Crippen molar-refractivity contribution in [3.05, 3.63) is 59.7 Å². The Balaban J connectivity index is 1.75. The lowest BCUT2D eigenvalue weighted by molar-refractivity contribution is -0.151. The minimum absolute atomic E-state index is 0.00499. The number of fused-ring (bicyclic) bond motifs is 1. The van der Waals surface area contributed by atoms with E-state index in [0.29, 0.717) is 6.54 Å². The van der Waals surface area contributed by atoms with E-state index < -0.39 is 0 Å². The van der Waals surface area contributed by atoms with E-state index in [4.69, 9.17) is 4.74 Å². The molecule has 0 unspecified atom stereocenters. The van der Waals surface area contributed by atoms with Crippen molar-refractivity contribution in [2.75, 3.05) is 43.6 Å². The van der Waals surface area contributed by atoms with Gasteiger partial charge in [-0.15, -0.1) is 0 Å². The van der Waals surface area contributed by atoms with E-state index in [1.54, 1.807) is 13.8 Å². The van der Waals surface area contributed by atoms with Crippen LogP contribution >= 0.6 is 0 Å². The first-order chi connectivity index (χ1) is 14.4. The van der Waals surface area contributed by atoms with Crippen LogP contribution in [0.1, 0.15) is 31.0 Å². The Bertz CT molecular complexity index is 878. The van der Waals surface area contributed by atoms with Crippen molar-refractivity contribution >= 4 is 23.3 Å². The number of anilines is 2. The molecule has 1 N–H and O–H groups in total. The lowest BCUT2D eigenvalue weighted by Gasteiger charge is -2.31. The first-order valence-electron chi connectivity index (χ1n) is 10.4. The van der Waals surface area contributed by atoms with E-state index in [0.717, 1.165) is 24.2 Å². The molecule has 6 heteroatoms. The summed E-state index contributed by atoms with van der Waals surface area (Å²) in [5, 5.41) is 2.95. The van der Waals surface area contributed by atoms with Gasteiger partial charge < -0.3 is 19.9 Å². The standard InChI is InChI=1S/C24H31N3O3/c1-17(2)24(29)30-16-23(28)25-15-22(19-9-11-20(12-10-19)26(3)4)27-14-13-18-7-5-6-8-21(18)27/h5-12,17,22H,13-16H2,1-4H3,(H,25,28)/t22-/m1/s1. The zero-order chi connectivity index (χ0) is 21.7. The first kappa shape index (κ1) is 21.7. The number of hydrogen-bond donors (Lipinski definition) is 1. The Labute approximate surface area is 178 Å². The number of amides is 1. The number of ether oxygens (including phenoxy) is 1. The van der Waals surface area contributed by atoms with Gasteiger partial charge in [-0.1, -0.05) is 44.2 Å². The molecule has 1 heterocycles. The number of rotatable bonds is 8. The van der Waals surface area contributed by atoms with E-state index in [-0.39, 0.29) is 30.4 Å². The zero-order valence-electron chi connectivity index (χ0n) is 18.2. The Morgan fingerprint density at radius 2 is 1.80 bits per heavy atom. The normalized spacial score (nSPS) is 13.7. The van der Waals surface area contributed by atoms with Gasteiger partial charge >= 0.3 is 5.97 Å². The first-order valence-corrected chi connectivity index (χ1v) is 10.4. The number of nitrogens with zero attached hydrogens (tertiary/aromatic N) is 2. The van der Waals surface area contributed by atoms with Crippen LogP contribution in [0.15, 0.2) is 48.5 Å². The highest BCUT2D eigenvalue weighted by molar-refractivity contribution is 5.81. The highest BCUT2D eigenvalue weighted by Crippen LogP contribution is 2.35. The van der Waals surface area contributed by atoms with Crippen LogP contribution in [0.2, 0.25) is 0 Å². The number of nitrogens with one attached hydrogen (secondary N) is 1. The maximum Gasteiger partial charge on any atom is 0.308 e. The maximum absolute atomic E-state index is 12.3. The third-order valence-electron chi connectivity index (χ3n) is 5.40. The van der Waals surface area contributed by atoms with Crippen LogP contribution in [0.25, 0.3) is 0 Å². The third-order valence-corrected chi connectivity index (χ3v) is 5.40. The number of esters is 1. The summed E-state index contributed by atoms with van der Waals surface area (Å²) in [5.74, 6) is -0.900. The molecule has 0 saturated heterocycles. The van der Waals surface area contributed by atoms with Gasteiger partial charge in [0.15, 0.2) is 6.61 Å². The lowest BCUT2D eigenvalue weighted by atomic mass is 10.0. The molecule has 2 aromatic rings. The molecular weight excluding hydrogens is 378 g/mol. The van der Waals surface area contributed by atoms with Crippen LogP contribution < -0.4 is 15.1 Å². The van der Waals surface area contributed by atoms with Crippen LogP contribution in [0.5, 0.6) is 0 Å². The molecule has 2 aromatic carbocycles. The summed E-state index contributed by atoms with van der Waals surface area (Å²) in [6.45, 7) is 4.59. The fraction of sp³-hybridized carbons (Fsp3) is 0.417. The minimum Gasteiger partial charge on any atom is -0.455 e. The number of hydrogen-bond acceptors (Lipinski definition) is 5. The zero-order valence-corrected chi connectivity index (χ0v) is 18.2. The molecular formula is C24H31N3O3. The summed E-state index contributed by atoms with van der Waals surface area (Å²) >= 11 is 0. The van der Waals surface area contributed by atoms with Crippen LogP contribution in [0, 0.1) is 5.92 Å². The van der Waals surface area contributed by atoms with E-state index >= 15 is 0 Å². The molecule has 0 aliphatic carbocycles. The number of benzene rings is 2. The summed E-state index contributed by atoms with van der Waals surface area (Å²) < 4.78 is 5.06. The Kier molecular flexibility index (Phi) is 6.98. The Morgan fingerprint density at radius 3 is 2.47 bits per heavy atom. The van der Waals surface area contributed by atoms with E-state index in [9.17, 15) is 9.59 Å². The van der Waals surface area contributed by atoms with Crippen molar-refractivity contribution in [1.82, 2.24) is 5.32 Å². The average Bonchev–Trinajstić information content (AvgIpc) is 3.16. The largest absolute Gasteiger partial charge is 0.455 e. The molecule has 1 atom stereocenters. The summed E-state index contributed by atoms with van der Waals surface area (Å²) in [6.07, 6.45) is 0.988. The predicted octanol–water partition coefficient (Wildman–Crippen LogP) is 3.17. The summed E-state index contributed by atoms with van der Waals surface area (Å²) in [6, 6.07) is 16.8. The monoisotopic (exact) mass is 409 g/mol. The van der Waals surface area contributed by atoms with Crippen LogP contribution in [-0.2, 0) is 20.7 Å². The van der Waals surface area contributed by atoms with Gasteiger partial charge in [0, 0.05) is 38.6 Å². The van der Waals surface area contributed by atoms with E-state index in [2.05, 4.69) is 57.6 Å². The fourth-order valence-electron chi connectivity index (χ4n) is 3.65. The highest BCUT2D eigenvalue weighted by atomic mass is 16.5. The van der Waals surface area contributed by atoms with Crippen LogP contribution in [-0.4, -0.2) is 45.7 Å². The Morgan fingerprint density at radius 1 is 1.10 bits per heavy atom. The second kappa shape index (κ2) is 9.65. The number of carbonyl (C=O) groups excluding carboxylic acids is 2.